The number of hydrogen-bond acceptors (Lipinski definition) is 5. The van der Waals surface area contributed by atoms with Crippen LogP contribution in [0, 0.1) is 34.5 Å². The van der Waals surface area contributed by atoms with Crippen molar-refractivity contribution in [2.75, 3.05) is 20.1 Å². The molecule has 5 rings (SSSR count). The van der Waals surface area contributed by atoms with Gasteiger partial charge >= 0.3 is 6.09 Å². The number of rotatable bonds is 4. The lowest BCUT2D eigenvalue weighted by Crippen LogP contribution is -2.51. The van der Waals surface area contributed by atoms with Gasteiger partial charge in [0.25, 0.3) is 0 Å². The van der Waals surface area contributed by atoms with Crippen LogP contribution < -0.4 is 5.32 Å². The number of fused-ring (bicyclic) bond motifs is 5. The highest BCUT2D eigenvalue weighted by molar-refractivity contribution is 5.85. The molecule has 3 saturated carbocycles. The molecule has 34 heavy (non-hydrogen) atoms. The van der Waals surface area contributed by atoms with Crippen LogP contribution in [0.15, 0.2) is 16.8 Å². The zero-order valence-corrected chi connectivity index (χ0v) is 21.7. The van der Waals surface area contributed by atoms with Crippen LogP contribution in [-0.4, -0.2) is 54.1 Å². The van der Waals surface area contributed by atoms with Crippen LogP contribution in [0.25, 0.3) is 0 Å². The summed E-state index contributed by atoms with van der Waals surface area (Å²) in [5.41, 5.74) is 3.05. The fourth-order valence-electron chi connectivity index (χ4n) is 8.96. The Morgan fingerprint density at radius 3 is 2.76 bits per heavy atom. The maximum absolute atomic E-state index is 12.5. The van der Waals surface area contributed by atoms with Crippen molar-refractivity contribution in [1.82, 2.24) is 10.2 Å². The molecule has 1 saturated heterocycles. The Hall–Kier alpha value is -1.40. The van der Waals surface area contributed by atoms with Crippen molar-refractivity contribution in [3.8, 4) is 0 Å². The predicted molar refractivity (Wildman–Crippen MR) is 134 cm³/mol. The molecule has 5 aliphatic rings. The first-order chi connectivity index (χ1) is 16.2. The Bertz CT molecular complexity index is 850. The number of nitrogens with one attached hydrogen (secondary N) is 1. The Kier molecular flexibility index (Phi) is 6.60. The third kappa shape index (κ3) is 4.13. The molecule has 1 heterocycles. The summed E-state index contributed by atoms with van der Waals surface area (Å²) < 4.78 is 0. The van der Waals surface area contributed by atoms with E-state index in [0.717, 1.165) is 62.1 Å². The highest BCUT2D eigenvalue weighted by Gasteiger charge is 2.59. The number of carbonyl (C=O) groups excluding carboxylic acids is 1. The number of hydrogen-bond donors (Lipinski definition) is 2. The molecule has 0 aromatic heterocycles. The number of allylic oxidation sites excluding steroid dienone is 1. The zero-order chi connectivity index (χ0) is 24.1. The molecule has 2 N–H and O–H groups in total. The molecular weight excluding hydrogens is 426 g/mol. The molecular formula is C28H45N3O3. The maximum atomic E-state index is 12.5. The quantitative estimate of drug-likeness (QED) is 0.258. The number of carbonyl (C=O) groups is 1. The van der Waals surface area contributed by atoms with Crippen molar-refractivity contribution in [3.63, 3.8) is 0 Å². The molecule has 8 atom stereocenters. The van der Waals surface area contributed by atoms with E-state index in [2.05, 4.69) is 37.3 Å². The third-order valence-corrected chi connectivity index (χ3v) is 10.8. The Labute approximate surface area is 205 Å². The summed E-state index contributed by atoms with van der Waals surface area (Å²) in [6.07, 6.45) is 13.2. The first kappa shape index (κ1) is 24.3. The lowest BCUT2D eigenvalue weighted by atomic mass is 9.46. The smallest absolute Gasteiger partial charge is 0.389 e. The van der Waals surface area contributed by atoms with Crippen molar-refractivity contribution >= 4 is 11.8 Å². The molecule has 4 aliphatic carbocycles. The fraction of sp³-hybridized carbons (Fsp3) is 0.857. The van der Waals surface area contributed by atoms with E-state index in [-0.39, 0.29) is 23.0 Å². The molecule has 0 aromatic carbocycles. The van der Waals surface area contributed by atoms with Gasteiger partial charge in [-0.05, 0) is 106 Å². The van der Waals surface area contributed by atoms with Crippen LogP contribution >= 0.6 is 0 Å². The predicted octanol–water partition coefficient (Wildman–Crippen LogP) is 5.12. The molecule has 0 bridgehead atoms. The SMILES string of the molecule is C/C(=N\OC(=O)N(C)CC1CCCN1)[C@H]1CC[C@H]2[C@@H]3CCC4=C[C@H](O)CC[C@]4(C)[C@H]3CC[C@]12C. The van der Waals surface area contributed by atoms with Gasteiger partial charge in [-0.15, -0.1) is 0 Å². The van der Waals surface area contributed by atoms with Crippen LogP contribution in [0.5, 0.6) is 0 Å². The second kappa shape index (κ2) is 9.24. The van der Waals surface area contributed by atoms with E-state index in [9.17, 15) is 9.90 Å². The van der Waals surface area contributed by atoms with Crippen LogP contribution in [-0.2, 0) is 4.84 Å². The molecule has 6 heteroatoms. The molecule has 0 radical (unpaired) electrons. The van der Waals surface area contributed by atoms with Crippen LogP contribution in [0.3, 0.4) is 0 Å². The largest absolute Gasteiger partial charge is 0.435 e. The van der Waals surface area contributed by atoms with E-state index in [1.807, 2.05) is 0 Å². The maximum Gasteiger partial charge on any atom is 0.435 e. The first-order valence-corrected chi connectivity index (χ1v) is 13.8. The van der Waals surface area contributed by atoms with Gasteiger partial charge in [0, 0.05) is 25.6 Å². The van der Waals surface area contributed by atoms with E-state index in [1.165, 1.54) is 37.7 Å². The lowest BCUT2D eigenvalue weighted by molar-refractivity contribution is -0.0479. The van der Waals surface area contributed by atoms with Gasteiger partial charge in [-0.2, -0.15) is 0 Å². The van der Waals surface area contributed by atoms with Crippen LogP contribution in [0.1, 0.15) is 85.0 Å². The summed E-state index contributed by atoms with van der Waals surface area (Å²) >= 11 is 0. The zero-order valence-electron chi connectivity index (χ0n) is 21.7. The number of likely N-dealkylation sites (N-methyl/N-ethyl adjacent to an activating group) is 1. The molecule has 190 valence electrons. The number of nitrogens with zero attached hydrogens (tertiary/aromatic N) is 2. The van der Waals surface area contributed by atoms with E-state index < -0.39 is 0 Å². The van der Waals surface area contributed by atoms with Gasteiger partial charge in [-0.25, -0.2) is 4.79 Å². The summed E-state index contributed by atoms with van der Waals surface area (Å²) in [6, 6.07) is 0.368. The Morgan fingerprint density at radius 1 is 1.18 bits per heavy atom. The molecule has 1 aliphatic heterocycles. The Morgan fingerprint density at radius 2 is 2.00 bits per heavy atom. The van der Waals surface area contributed by atoms with Crippen LogP contribution in [0.2, 0.25) is 0 Å². The van der Waals surface area contributed by atoms with E-state index in [4.69, 9.17) is 4.84 Å². The number of aliphatic hydroxyl groups excluding tert-OH is 1. The van der Waals surface area contributed by atoms with Gasteiger partial charge in [-0.3, -0.25) is 4.84 Å². The van der Waals surface area contributed by atoms with Crippen LogP contribution in [0.4, 0.5) is 4.79 Å². The van der Waals surface area contributed by atoms with Crippen molar-refractivity contribution < 1.29 is 14.7 Å². The second-order valence-corrected chi connectivity index (χ2v) is 12.6. The summed E-state index contributed by atoms with van der Waals surface area (Å²) in [7, 11) is 1.80. The summed E-state index contributed by atoms with van der Waals surface area (Å²) in [4.78, 5) is 19.6. The number of oxime groups is 1. The highest BCUT2D eigenvalue weighted by Crippen LogP contribution is 2.66. The minimum Gasteiger partial charge on any atom is -0.389 e. The monoisotopic (exact) mass is 471 g/mol. The van der Waals surface area contributed by atoms with E-state index in [0.29, 0.717) is 18.5 Å². The lowest BCUT2D eigenvalue weighted by Gasteiger charge is -2.58. The summed E-state index contributed by atoms with van der Waals surface area (Å²) in [5.74, 6) is 2.62. The van der Waals surface area contributed by atoms with Gasteiger partial charge in [-0.1, -0.05) is 30.7 Å². The minimum atomic E-state index is -0.351. The van der Waals surface area contributed by atoms with Gasteiger partial charge in [0.05, 0.1) is 11.8 Å². The standard InChI is InChI=1S/C28H45N3O3/c1-18(30-34-26(33)31(4)17-20-6-5-15-29-20)23-9-10-24-22-8-7-19-16-21(32)11-13-27(19,2)25(22)12-14-28(23,24)3/h16,20-25,29,32H,5-15,17H2,1-4H3/b30-18+/t20?,21-,22+,23-,24+,25+,27+,28-/m1/s1. The van der Waals surface area contributed by atoms with E-state index in [1.54, 1.807) is 11.9 Å². The molecule has 6 nitrogen and oxygen atoms in total. The summed E-state index contributed by atoms with van der Waals surface area (Å²) in [5, 5.41) is 18.0. The molecule has 4 fully saturated rings. The van der Waals surface area contributed by atoms with Crippen molar-refractivity contribution in [2.45, 2.75) is 97.1 Å². The van der Waals surface area contributed by atoms with Crippen molar-refractivity contribution in [2.24, 2.45) is 39.7 Å². The fourth-order valence-corrected chi connectivity index (χ4v) is 8.96. The molecule has 1 unspecified atom stereocenters. The van der Waals surface area contributed by atoms with Gasteiger partial charge in [0.15, 0.2) is 0 Å². The minimum absolute atomic E-state index is 0.237. The summed E-state index contributed by atoms with van der Waals surface area (Å²) in [6.45, 7) is 8.75. The van der Waals surface area contributed by atoms with Gasteiger partial charge < -0.3 is 15.3 Å². The third-order valence-electron chi connectivity index (χ3n) is 10.8. The molecule has 1 amide bonds. The van der Waals surface area contributed by atoms with Gasteiger partial charge in [0.2, 0.25) is 0 Å². The second-order valence-electron chi connectivity index (χ2n) is 12.6. The van der Waals surface area contributed by atoms with E-state index >= 15 is 0 Å². The average molecular weight is 472 g/mol. The van der Waals surface area contributed by atoms with Crippen molar-refractivity contribution in [3.05, 3.63) is 11.6 Å². The first-order valence-electron chi connectivity index (χ1n) is 13.8. The highest BCUT2D eigenvalue weighted by atomic mass is 16.7. The normalized spacial score (nSPS) is 44.0. The topological polar surface area (TPSA) is 74.2 Å². The number of amides is 1. The average Bonchev–Trinajstić information content (AvgIpc) is 3.44. The number of aliphatic hydroxyl groups is 1. The van der Waals surface area contributed by atoms with Gasteiger partial charge in [0.1, 0.15) is 0 Å². The molecule has 0 aromatic rings. The molecule has 0 spiro atoms. The van der Waals surface area contributed by atoms with Crippen molar-refractivity contribution in [1.29, 1.82) is 0 Å². The Balaban J connectivity index is 1.25.